The number of anilines is 1. The van der Waals surface area contributed by atoms with Crippen molar-refractivity contribution in [2.45, 2.75) is 0 Å². The zero-order chi connectivity index (χ0) is 19.4. The maximum absolute atomic E-state index is 13.0. The summed E-state index contributed by atoms with van der Waals surface area (Å²) in [6.07, 6.45) is 3.52. The molecule has 10 heteroatoms. The Balaban J connectivity index is 1.62. The number of carbonyl (C=O) groups excluding carboxylic acids is 1. The molecular formula is C17H27N5O4S. The summed E-state index contributed by atoms with van der Waals surface area (Å²) in [6.45, 7) is 3.67. The van der Waals surface area contributed by atoms with Gasteiger partial charge < -0.3 is 14.5 Å². The molecule has 0 radical (unpaired) electrons. The highest BCUT2D eigenvalue weighted by molar-refractivity contribution is 7.86. The summed E-state index contributed by atoms with van der Waals surface area (Å²) in [5, 5.41) is 0. The van der Waals surface area contributed by atoms with E-state index in [9.17, 15) is 13.2 Å². The Morgan fingerprint density at radius 1 is 1.15 bits per heavy atom. The molecule has 0 spiro atoms. The molecular weight excluding hydrogens is 370 g/mol. The minimum absolute atomic E-state index is 0.0368. The quantitative estimate of drug-likeness (QED) is 0.680. The Hall–Kier alpha value is -1.75. The second kappa shape index (κ2) is 8.51. The molecule has 0 aromatic carbocycles. The van der Waals surface area contributed by atoms with Crippen LogP contribution in [0.25, 0.3) is 0 Å². The van der Waals surface area contributed by atoms with E-state index in [-0.39, 0.29) is 25.6 Å². The molecule has 0 aliphatic carbocycles. The molecule has 27 heavy (non-hydrogen) atoms. The number of carbonyl (C=O) groups is 1. The number of hydrogen-bond acceptors (Lipinski definition) is 6. The van der Waals surface area contributed by atoms with E-state index in [0.717, 1.165) is 18.8 Å². The lowest BCUT2D eigenvalue weighted by Gasteiger charge is -2.37. The zero-order valence-electron chi connectivity index (χ0n) is 15.8. The Morgan fingerprint density at radius 2 is 1.81 bits per heavy atom. The normalized spacial score (nSPS) is 22.7. The van der Waals surface area contributed by atoms with Crippen LogP contribution in [0, 0.1) is 5.92 Å². The third kappa shape index (κ3) is 4.57. The van der Waals surface area contributed by atoms with Crippen molar-refractivity contribution in [3.05, 3.63) is 24.5 Å². The van der Waals surface area contributed by atoms with Crippen LogP contribution in [0.1, 0.15) is 0 Å². The van der Waals surface area contributed by atoms with Crippen molar-refractivity contribution < 1.29 is 17.9 Å². The lowest BCUT2D eigenvalue weighted by Crippen LogP contribution is -2.52. The third-order valence-electron chi connectivity index (χ3n) is 4.98. The SMILES string of the molecule is CN(C)S(=O)(=O)N1CCOCC(C(=O)N2CCN(c3ccncc3)CC2)C1. The second-order valence-corrected chi connectivity index (χ2v) is 9.08. The highest BCUT2D eigenvalue weighted by atomic mass is 32.2. The molecule has 0 saturated carbocycles. The second-order valence-electron chi connectivity index (χ2n) is 6.94. The van der Waals surface area contributed by atoms with Gasteiger partial charge in [-0.3, -0.25) is 9.78 Å². The van der Waals surface area contributed by atoms with Crippen LogP contribution in [0.2, 0.25) is 0 Å². The van der Waals surface area contributed by atoms with E-state index in [4.69, 9.17) is 4.74 Å². The van der Waals surface area contributed by atoms with Crippen molar-refractivity contribution in [2.24, 2.45) is 5.92 Å². The van der Waals surface area contributed by atoms with Crippen LogP contribution < -0.4 is 4.90 Å². The minimum atomic E-state index is -3.56. The van der Waals surface area contributed by atoms with Gasteiger partial charge in [0.2, 0.25) is 5.91 Å². The number of hydrogen-bond donors (Lipinski definition) is 0. The van der Waals surface area contributed by atoms with Gasteiger partial charge in [-0.1, -0.05) is 0 Å². The molecule has 1 atom stereocenters. The van der Waals surface area contributed by atoms with Gasteiger partial charge in [0.25, 0.3) is 10.2 Å². The number of pyridine rings is 1. The van der Waals surface area contributed by atoms with Gasteiger partial charge in [-0.2, -0.15) is 17.0 Å². The first-order valence-electron chi connectivity index (χ1n) is 9.08. The summed E-state index contributed by atoms with van der Waals surface area (Å²) in [6, 6.07) is 3.92. The average molecular weight is 398 g/mol. The number of nitrogens with zero attached hydrogens (tertiary/aromatic N) is 5. The van der Waals surface area contributed by atoms with Gasteiger partial charge in [0, 0.05) is 71.4 Å². The maximum Gasteiger partial charge on any atom is 0.281 e. The van der Waals surface area contributed by atoms with Gasteiger partial charge in [-0.15, -0.1) is 0 Å². The molecule has 9 nitrogen and oxygen atoms in total. The lowest BCUT2D eigenvalue weighted by atomic mass is 10.1. The van der Waals surface area contributed by atoms with Crippen molar-refractivity contribution in [1.82, 2.24) is 18.5 Å². The van der Waals surface area contributed by atoms with E-state index >= 15 is 0 Å². The fraction of sp³-hybridized carbons (Fsp3) is 0.647. The van der Waals surface area contributed by atoms with Gasteiger partial charge in [0.05, 0.1) is 19.1 Å². The zero-order valence-corrected chi connectivity index (χ0v) is 16.6. The predicted octanol–water partition coefficient (Wildman–Crippen LogP) is -0.515. The number of rotatable bonds is 4. The van der Waals surface area contributed by atoms with E-state index in [2.05, 4.69) is 9.88 Å². The van der Waals surface area contributed by atoms with E-state index in [0.29, 0.717) is 19.7 Å². The average Bonchev–Trinajstić information content (AvgIpc) is 2.95. The molecule has 2 fully saturated rings. The largest absolute Gasteiger partial charge is 0.379 e. The number of piperazine rings is 1. The molecule has 2 aliphatic heterocycles. The minimum Gasteiger partial charge on any atom is -0.379 e. The molecule has 3 rings (SSSR count). The highest BCUT2D eigenvalue weighted by Gasteiger charge is 2.35. The van der Waals surface area contributed by atoms with E-state index in [1.807, 2.05) is 17.0 Å². The standard InChI is InChI=1S/C17H27N5O4S/c1-19(2)27(24,25)22-11-12-26-14-15(13-22)17(23)21-9-7-20(8-10-21)16-3-5-18-6-4-16/h3-6,15H,7-14H2,1-2H3. The van der Waals surface area contributed by atoms with Gasteiger partial charge >= 0.3 is 0 Å². The Labute approximate surface area is 160 Å². The van der Waals surface area contributed by atoms with Crippen molar-refractivity contribution in [3.8, 4) is 0 Å². The molecule has 0 N–H and O–H groups in total. The summed E-state index contributed by atoms with van der Waals surface area (Å²) in [7, 11) is -0.571. The van der Waals surface area contributed by atoms with E-state index in [1.54, 1.807) is 12.4 Å². The summed E-state index contributed by atoms with van der Waals surface area (Å²) >= 11 is 0. The van der Waals surface area contributed by atoms with Crippen LogP contribution in [0.3, 0.4) is 0 Å². The van der Waals surface area contributed by atoms with Crippen molar-refractivity contribution in [2.75, 3.05) is 71.5 Å². The number of ether oxygens (including phenoxy) is 1. The van der Waals surface area contributed by atoms with Gasteiger partial charge in [0.15, 0.2) is 0 Å². The smallest absolute Gasteiger partial charge is 0.281 e. The van der Waals surface area contributed by atoms with E-state index in [1.165, 1.54) is 22.7 Å². The fourth-order valence-electron chi connectivity index (χ4n) is 3.37. The molecule has 1 aromatic rings. The van der Waals surface area contributed by atoms with Crippen LogP contribution in [-0.2, 0) is 19.7 Å². The molecule has 1 unspecified atom stereocenters. The fourth-order valence-corrected chi connectivity index (χ4v) is 4.51. The van der Waals surface area contributed by atoms with Crippen LogP contribution in [0.15, 0.2) is 24.5 Å². The number of aromatic nitrogens is 1. The van der Waals surface area contributed by atoms with E-state index < -0.39 is 16.1 Å². The molecule has 0 bridgehead atoms. The van der Waals surface area contributed by atoms with Crippen molar-refractivity contribution in [3.63, 3.8) is 0 Å². The summed E-state index contributed by atoms with van der Waals surface area (Å²) < 4.78 is 32.9. The van der Waals surface area contributed by atoms with Gasteiger partial charge in [0.1, 0.15) is 0 Å². The lowest BCUT2D eigenvalue weighted by molar-refractivity contribution is -0.137. The predicted molar refractivity (Wildman–Crippen MR) is 102 cm³/mol. The number of amides is 1. The summed E-state index contributed by atoms with van der Waals surface area (Å²) in [5.41, 5.74) is 1.10. The molecule has 3 heterocycles. The van der Waals surface area contributed by atoms with Crippen LogP contribution in [-0.4, -0.2) is 99.4 Å². The molecule has 2 aliphatic rings. The van der Waals surface area contributed by atoms with Gasteiger partial charge in [-0.25, -0.2) is 0 Å². The Morgan fingerprint density at radius 3 is 2.44 bits per heavy atom. The van der Waals surface area contributed by atoms with Crippen LogP contribution >= 0.6 is 0 Å². The molecule has 2 saturated heterocycles. The first-order chi connectivity index (χ1) is 12.9. The first kappa shape index (κ1) is 20.0. The van der Waals surface area contributed by atoms with Crippen LogP contribution in [0.4, 0.5) is 5.69 Å². The first-order valence-corrected chi connectivity index (χ1v) is 10.5. The summed E-state index contributed by atoms with van der Waals surface area (Å²) in [5.74, 6) is -0.514. The molecule has 1 aromatic heterocycles. The third-order valence-corrected chi connectivity index (χ3v) is 6.89. The molecule has 150 valence electrons. The monoisotopic (exact) mass is 397 g/mol. The van der Waals surface area contributed by atoms with Crippen molar-refractivity contribution in [1.29, 1.82) is 0 Å². The highest BCUT2D eigenvalue weighted by Crippen LogP contribution is 2.19. The van der Waals surface area contributed by atoms with Crippen LogP contribution in [0.5, 0.6) is 0 Å². The topological polar surface area (TPSA) is 86.3 Å². The Kier molecular flexibility index (Phi) is 6.30. The summed E-state index contributed by atoms with van der Waals surface area (Å²) in [4.78, 5) is 21.0. The van der Waals surface area contributed by atoms with Crippen molar-refractivity contribution >= 4 is 21.8 Å². The Bertz CT molecular complexity index is 735. The maximum atomic E-state index is 13.0. The van der Waals surface area contributed by atoms with Gasteiger partial charge in [-0.05, 0) is 12.1 Å². The molecule has 1 amide bonds.